The lowest BCUT2D eigenvalue weighted by atomic mass is 10.0. The minimum absolute atomic E-state index is 0.205. The summed E-state index contributed by atoms with van der Waals surface area (Å²) < 4.78 is 0. The van der Waals surface area contributed by atoms with Gasteiger partial charge in [-0.25, -0.2) is 0 Å². The number of rotatable bonds is 4. The minimum atomic E-state index is 0.205. The molecule has 3 heteroatoms. The SMILES string of the molecule is Cc1ccc(N(C)C(=O)CCC2CCCCN2)cc1. The molecule has 0 saturated carbocycles. The Morgan fingerprint density at radius 3 is 2.68 bits per heavy atom. The molecule has 1 fully saturated rings. The maximum absolute atomic E-state index is 12.2. The molecule has 3 nitrogen and oxygen atoms in total. The van der Waals surface area contributed by atoms with Crippen molar-refractivity contribution in [3.63, 3.8) is 0 Å². The molecule has 1 aromatic rings. The summed E-state index contributed by atoms with van der Waals surface area (Å²) in [6.07, 6.45) is 5.35. The molecule has 1 aliphatic rings. The Kier molecular flexibility index (Phi) is 4.97. The molecule has 1 N–H and O–H groups in total. The minimum Gasteiger partial charge on any atom is -0.316 e. The fraction of sp³-hybridized carbons (Fsp3) is 0.562. The van der Waals surface area contributed by atoms with Gasteiger partial charge < -0.3 is 10.2 Å². The monoisotopic (exact) mass is 260 g/mol. The zero-order chi connectivity index (χ0) is 13.7. The van der Waals surface area contributed by atoms with E-state index >= 15 is 0 Å². The van der Waals surface area contributed by atoms with Gasteiger partial charge in [-0.2, -0.15) is 0 Å². The zero-order valence-corrected chi connectivity index (χ0v) is 12.0. The van der Waals surface area contributed by atoms with E-state index in [0.717, 1.165) is 18.7 Å². The third kappa shape index (κ3) is 4.06. The van der Waals surface area contributed by atoms with E-state index in [0.29, 0.717) is 12.5 Å². The summed E-state index contributed by atoms with van der Waals surface area (Å²) in [5.74, 6) is 0.205. The number of hydrogen-bond donors (Lipinski definition) is 1. The standard InChI is InChI=1S/C16H24N2O/c1-13-6-9-15(10-7-13)18(2)16(19)11-8-14-5-3-4-12-17-14/h6-7,9-10,14,17H,3-5,8,11-12H2,1-2H3. The van der Waals surface area contributed by atoms with Crippen LogP contribution in [0.4, 0.5) is 5.69 Å². The van der Waals surface area contributed by atoms with Crippen LogP contribution in [0.3, 0.4) is 0 Å². The first kappa shape index (κ1) is 14.1. The van der Waals surface area contributed by atoms with Gasteiger partial charge in [0.2, 0.25) is 5.91 Å². The predicted octanol–water partition coefficient (Wildman–Crippen LogP) is 2.88. The summed E-state index contributed by atoms with van der Waals surface area (Å²) in [5.41, 5.74) is 2.20. The Labute approximate surface area is 116 Å². The molecule has 104 valence electrons. The van der Waals surface area contributed by atoms with E-state index < -0.39 is 0 Å². The van der Waals surface area contributed by atoms with E-state index in [2.05, 4.69) is 12.2 Å². The van der Waals surface area contributed by atoms with Gasteiger partial charge in [-0.15, -0.1) is 0 Å². The molecule has 1 unspecified atom stereocenters. The van der Waals surface area contributed by atoms with Crippen molar-refractivity contribution in [3.05, 3.63) is 29.8 Å². The Balaban J connectivity index is 1.83. The van der Waals surface area contributed by atoms with Crippen molar-refractivity contribution >= 4 is 11.6 Å². The second-order valence-electron chi connectivity index (χ2n) is 5.47. The Hall–Kier alpha value is -1.35. The highest BCUT2D eigenvalue weighted by atomic mass is 16.2. The van der Waals surface area contributed by atoms with E-state index in [1.165, 1.54) is 24.8 Å². The van der Waals surface area contributed by atoms with Crippen molar-refractivity contribution in [2.75, 3.05) is 18.5 Å². The van der Waals surface area contributed by atoms with Gasteiger partial charge in [0.1, 0.15) is 0 Å². The van der Waals surface area contributed by atoms with E-state index in [-0.39, 0.29) is 5.91 Å². The van der Waals surface area contributed by atoms with Crippen molar-refractivity contribution in [1.82, 2.24) is 5.32 Å². The van der Waals surface area contributed by atoms with Gasteiger partial charge in [-0.05, 0) is 44.9 Å². The van der Waals surface area contributed by atoms with Crippen LogP contribution in [0.25, 0.3) is 0 Å². The van der Waals surface area contributed by atoms with Gasteiger partial charge in [0.05, 0.1) is 0 Å². The van der Waals surface area contributed by atoms with Gasteiger partial charge in [0, 0.05) is 25.2 Å². The number of carbonyl (C=O) groups is 1. The van der Waals surface area contributed by atoms with Gasteiger partial charge >= 0.3 is 0 Å². The number of carbonyl (C=O) groups excluding carboxylic acids is 1. The van der Waals surface area contributed by atoms with Crippen LogP contribution in [-0.4, -0.2) is 25.5 Å². The molecule has 0 bridgehead atoms. The van der Waals surface area contributed by atoms with Crippen molar-refractivity contribution in [1.29, 1.82) is 0 Å². The number of nitrogens with zero attached hydrogens (tertiary/aromatic N) is 1. The van der Waals surface area contributed by atoms with Crippen molar-refractivity contribution in [2.24, 2.45) is 0 Å². The maximum Gasteiger partial charge on any atom is 0.226 e. The van der Waals surface area contributed by atoms with Crippen LogP contribution in [0.5, 0.6) is 0 Å². The molecular weight excluding hydrogens is 236 g/mol. The average molecular weight is 260 g/mol. The Morgan fingerprint density at radius 1 is 1.32 bits per heavy atom. The highest BCUT2D eigenvalue weighted by Crippen LogP contribution is 2.17. The lowest BCUT2D eigenvalue weighted by molar-refractivity contribution is -0.118. The van der Waals surface area contributed by atoms with Crippen LogP contribution >= 0.6 is 0 Å². The summed E-state index contributed by atoms with van der Waals surface area (Å²) in [4.78, 5) is 13.9. The maximum atomic E-state index is 12.2. The van der Waals surface area contributed by atoms with Crippen molar-refractivity contribution in [2.45, 2.75) is 45.1 Å². The van der Waals surface area contributed by atoms with Gasteiger partial charge in [-0.1, -0.05) is 24.1 Å². The lowest BCUT2D eigenvalue weighted by Gasteiger charge is -2.24. The second kappa shape index (κ2) is 6.71. The number of nitrogens with one attached hydrogen (secondary N) is 1. The van der Waals surface area contributed by atoms with E-state index in [9.17, 15) is 4.79 Å². The molecule has 0 aliphatic carbocycles. The van der Waals surface area contributed by atoms with Crippen LogP contribution in [0, 0.1) is 6.92 Å². The fourth-order valence-corrected chi connectivity index (χ4v) is 2.55. The first-order valence-corrected chi connectivity index (χ1v) is 7.23. The van der Waals surface area contributed by atoms with Crippen LogP contribution in [0.15, 0.2) is 24.3 Å². The number of aryl methyl sites for hydroxylation is 1. The third-order valence-corrected chi connectivity index (χ3v) is 3.91. The molecule has 19 heavy (non-hydrogen) atoms. The molecule has 1 aliphatic heterocycles. The van der Waals surface area contributed by atoms with Crippen molar-refractivity contribution < 1.29 is 4.79 Å². The first-order chi connectivity index (χ1) is 9.16. The van der Waals surface area contributed by atoms with Crippen LogP contribution in [0.2, 0.25) is 0 Å². The zero-order valence-electron chi connectivity index (χ0n) is 12.0. The fourth-order valence-electron chi connectivity index (χ4n) is 2.55. The number of anilines is 1. The predicted molar refractivity (Wildman–Crippen MR) is 79.5 cm³/mol. The van der Waals surface area contributed by atoms with Crippen molar-refractivity contribution in [3.8, 4) is 0 Å². The molecule has 2 rings (SSSR count). The molecule has 1 aromatic carbocycles. The van der Waals surface area contributed by atoms with Gasteiger partial charge in [-0.3, -0.25) is 4.79 Å². The van der Waals surface area contributed by atoms with Gasteiger partial charge in [0.15, 0.2) is 0 Å². The molecule has 0 spiro atoms. The van der Waals surface area contributed by atoms with Gasteiger partial charge in [0.25, 0.3) is 0 Å². The highest BCUT2D eigenvalue weighted by molar-refractivity contribution is 5.92. The third-order valence-electron chi connectivity index (χ3n) is 3.91. The molecule has 1 saturated heterocycles. The molecule has 1 atom stereocenters. The molecule has 0 aromatic heterocycles. The van der Waals surface area contributed by atoms with Crippen LogP contribution < -0.4 is 10.2 Å². The smallest absolute Gasteiger partial charge is 0.226 e. The quantitative estimate of drug-likeness (QED) is 0.903. The number of hydrogen-bond acceptors (Lipinski definition) is 2. The first-order valence-electron chi connectivity index (χ1n) is 7.23. The topological polar surface area (TPSA) is 32.3 Å². The Bertz CT molecular complexity index is 407. The molecule has 1 amide bonds. The van der Waals surface area contributed by atoms with Crippen LogP contribution in [0.1, 0.15) is 37.7 Å². The van der Waals surface area contributed by atoms with E-state index in [1.54, 1.807) is 4.90 Å². The number of amides is 1. The summed E-state index contributed by atoms with van der Waals surface area (Å²) in [6, 6.07) is 8.63. The Morgan fingerprint density at radius 2 is 2.05 bits per heavy atom. The number of benzene rings is 1. The normalized spacial score (nSPS) is 19.2. The average Bonchev–Trinajstić information content (AvgIpc) is 2.46. The second-order valence-corrected chi connectivity index (χ2v) is 5.47. The summed E-state index contributed by atoms with van der Waals surface area (Å²) >= 11 is 0. The van der Waals surface area contributed by atoms with Crippen LogP contribution in [-0.2, 0) is 4.79 Å². The van der Waals surface area contributed by atoms with E-state index in [1.807, 2.05) is 31.3 Å². The summed E-state index contributed by atoms with van der Waals surface area (Å²) in [6.45, 7) is 3.16. The highest BCUT2D eigenvalue weighted by Gasteiger charge is 2.16. The summed E-state index contributed by atoms with van der Waals surface area (Å²) in [5, 5.41) is 3.49. The lowest BCUT2D eigenvalue weighted by Crippen LogP contribution is -2.35. The van der Waals surface area contributed by atoms with E-state index in [4.69, 9.17) is 0 Å². The molecule has 0 radical (unpaired) electrons. The largest absolute Gasteiger partial charge is 0.316 e. The number of piperidine rings is 1. The molecule has 1 heterocycles. The summed E-state index contributed by atoms with van der Waals surface area (Å²) in [7, 11) is 1.86. The molecular formula is C16H24N2O.